The summed E-state index contributed by atoms with van der Waals surface area (Å²) < 4.78 is 4.43. The first-order valence-electron chi connectivity index (χ1n) is 16.3. The predicted octanol–water partition coefficient (Wildman–Crippen LogP) is 10.8. The second-order valence-corrected chi connectivity index (χ2v) is 12.3. The zero-order chi connectivity index (χ0) is 33.8. The van der Waals surface area contributed by atoms with Gasteiger partial charge in [0.25, 0.3) is 0 Å². The average molecular weight is 636 g/mol. The van der Waals surface area contributed by atoms with Crippen LogP contribution in [0.5, 0.6) is 0 Å². The van der Waals surface area contributed by atoms with Crippen LogP contribution in [0.1, 0.15) is 16.7 Å². The summed E-state index contributed by atoms with van der Waals surface area (Å²) in [4.78, 5) is 0. The third-order valence-electron chi connectivity index (χ3n) is 9.60. The van der Waals surface area contributed by atoms with E-state index < -0.39 is 0 Å². The van der Waals surface area contributed by atoms with Gasteiger partial charge in [-0.15, -0.1) is 0 Å². The van der Waals surface area contributed by atoms with Crippen molar-refractivity contribution >= 4 is 43.6 Å². The molecule has 9 aromatic rings. The molecule has 0 amide bonds. The van der Waals surface area contributed by atoms with E-state index in [4.69, 9.17) is 0 Å². The minimum absolute atomic E-state index is 0.478. The lowest BCUT2D eigenvalue weighted by atomic mass is 9.89. The first kappa shape index (κ1) is 28.8. The van der Waals surface area contributed by atoms with Crippen LogP contribution in [-0.4, -0.2) is 9.13 Å². The number of nitriles is 3. The standard InChI is InChI=1S/C45H25N5/c46-26-29-20-21-44-39(24-29)37-14-4-5-16-40(37)49(44)33-23-30(27-47)22-32(25-33)45-31(28-48)10-9-15-38(45)36-13-3-8-19-43(36)50-41-17-6-1-11-34(41)35-12-2-7-18-42(35)50/h1-25H. The van der Waals surface area contributed by atoms with Crippen molar-refractivity contribution in [2.24, 2.45) is 0 Å². The number of benzene rings is 7. The molecule has 0 fully saturated rings. The van der Waals surface area contributed by atoms with E-state index in [1.807, 2.05) is 66.7 Å². The van der Waals surface area contributed by atoms with Gasteiger partial charge in [0.1, 0.15) is 0 Å². The summed E-state index contributed by atoms with van der Waals surface area (Å²) in [7, 11) is 0. The normalized spacial score (nSPS) is 11.1. The molecule has 0 unspecified atom stereocenters. The molecule has 0 aliphatic carbocycles. The fourth-order valence-corrected chi connectivity index (χ4v) is 7.53. The number of para-hydroxylation sites is 4. The smallest absolute Gasteiger partial charge is 0.0998 e. The van der Waals surface area contributed by atoms with Crippen molar-refractivity contribution in [3.63, 3.8) is 0 Å². The van der Waals surface area contributed by atoms with Gasteiger partial charge in [-0.1, -0.05) is 84.9 Å². The van der Waals surface area contributed by atoms with Crippen LogP contribution >= 0.6 is 0 Å². The second kappa shape index (κ2) is 11.4. The van der Waals surface area contributed by atoms with Gasteiger partial charge in [-0.25, -0.2) is 0 Å². The molecule has 5 nitrogen and oxygen atoms in total. The Morgan fingerprint density at radius 2 is 0.980 bits per heavy atom. The topological polar surface area (TPSA) is 81.2 Å². The summed E-state index contributed by atoms with van der Waals surface area (Å²) in [6.45, 7) is 0. The van der Waals surface area contributed by atoms with Crippen molar-refractivity contribution in [2.75, 3.05) is 0 Å². The van der Waals surface area contributed by atoms with E-state index in [-0.39, 0.29) is 0 Å². The van der Waals surface area contributed by atoms with Crippen molar-refractivity contribution in [1.29, 1.82) is 15.8 Å². The zero-order valence-electron chi connectivity index (χ0n) is 26.7. The van der Waals surface area contributed by atoms with E-state index in [1.165, 1.54) is 10.8 Å². The monoisotopic (exact) mass is 635 g/mol. The molecule has 2 heterocycles. The molecule has 0 bridgehead atoms. The number of aromatic nitrogens is 2. The van der Waals surface area contributed by atoms with Crippen molar-refractivity contribution < 1.29 is 0 Å². The molecule has 0 aliphatic heterocycles. The molecule has 7 aromatic carbocycles. The van der Waals surface area contributed by atoms with Crippen molar-refractivity contribution in [3.8, 4) is 51.8 Å². The van der Waals surface area contributed by atoms with Crippen LogP contribution in [0.15, 0.2) is 152 Å². The minimum Gasteiger partial charge on any atom is -0.309 e. The quantitative estimate of drug-likeness (QED) is 0.193. The van der Waals surface area contributed by atoms with Gasteiger partial charge in [0, 0.05) is 38.4 Å². The Labute approximate surface area is 287 Å². The van der Waals surface area contributed by atoms with E-state index in [0.717, 1.165) is 66.5 Å². The van der Waals surface area contributed by atoms with Gasteiger partial charge in [0.15, 0.2) is 0 Å². The van der Waals surface area contributed by atoms with Crippen LogP contribution < -0.4 is 0 Å². The Hall–Kier alpha value is -7.39. The van der Waals surface area contributed by atoms with E-state index in [2.05, 4.69) is 112 Å². The summed E-state index contributed by atoms with van der Waals surface area (Å²) in [6, 6.07) is 57.7. The molecular formula is C45H25N5. The highest BCUT2D eigenvalue weighted by Crippen LogP contribution is 2.42. The summed E-state index contributed by atoms with van der Waals surface area (Å²) in [5, 5.41) is 34.9. The van der Waals surface area contributed by atoms with E-state index >= 15 is 0 Å². The van der Waals surface area contributed by atoms with Gasteiger partial charge in [-0.3, -0.25) is 0 Å². The summed E-state index contributed by atoms with van der Waals surface area (Å²) in [6.07, 6.45) is 0. The highest BCUT2D eigenvalue weighted by atomic mass is 15.0. The Bertz CT molecular complexity index is 2920. The van der Waals surface area contributed by atoms with Crippen LogP contribution in [0.25, 0.3) is 77.2 Å². The summed E-state index contributed by atoms with van der Waals surface area (Å²) >= 11 is 0. The fraction of sp³-hybridized carbons (Fsp3) is 0. The first-order valence-corrected chi connectivity index (χ1v) is 16.3. The van der Waals surface area contributed by atoms with Gasteiger partial charge in [-0.05, 0) is 77.9 Å². The first-order chi connectivity index (χ1) is 24.7. The lowest BCUT2D eigenvalue weighted by Gasteiger charge is -2.19. The van der Waals surface area contributed by atoms with Gasteiger partial charge in [0.2, 0.25) is 0 Å². The molecule has 0 saturated heterocycles. The molecule has 9 rings (SSSR count). The fourth-order valence-electron chi connectivity index (χ4n) is 7.53. The molecule has 0 radical (unpaired) electrons. The Kier molecular flexibility index (Phi) is 6.56. The number of rotatable bonds is 4. The number of fused-ring (bicyclic) bond motifs is 6. The largest absolute Gasteiger partial charge is 0.309 e. The van der Waals surface area contributed by atoms with E-state index in [1.54, 1.807) is 0 Å². The number of nitrogens with zero attached hydrogens (tertiary/aromatic N) is 5. The highest BCUT2D eigenvalue weighted by Gasteiger charge is 2.21. The Morgan fingerprint density at radius 1 is 0.400 bits per heavy atom. The van der Waals surface area contributed by atoms with E-state index in [0.29, 0.717) is 16.7 Å². The highest BCUT2D eigenvalue weighted by molar-refractivity contribution is 6.11. The molecule has 0 saturated carbocycles. The summed E-state index contributed by atoms with van der Waals surface area (Å²) in [5.74, 6) is 0. The summed E-state index contributed by atoms with van der Waals surface area (Å²) in [5.41, 5.74) is 10.8. The molecule has 0 N–H and O–H groups in total. The lowest BCUT2D eigenvalue weighted by molar-refractivity contribution is 1.17. The Balaban J connectivity index is 1.33. The number of hydrogen-bond acceptors (Lipinski definition) is 3. The average Bonchev–Trinajstić information content (AvgIpc) is 3.70. The van der Waals surface area contributed by atoms with Crippen LogP contribution in [0.2, 0.25) is 0 Å². The lowest BCUT2D eigenvalue weighted by Crippen LogP contribution is -2.00. The van der Waals surface area contributed by atoms with Crippen LogP contribution in [0.4, 0.5) is 0 Å². The van der Waals surface area contributed by atoms with Gasteiger partial charge in [0.05, 0.1) is 62.7 Å². The SMILES string of the molecule is N#Cc1cc(-c2c(C#N)cccc2-c2ccccc2-n2c3ccccc3c3ccccc32)cc(-n2c3ccccc3c3cc(C#N)ccc32)c1. The van der Waals surface area contributed by atoms with Crippen LogP contribution in [0, 0.1) is 34.0 Å². The molecule has 230 valence electrons. The maximum absolute atomic E-state index is 10.5. The van der Waals surface area contributed by atoms with Crippen molar-refractivity contribution in [3.05, 3.63) is 168 Å². The predicted molar refractivity (Wildman–Crippen MR) is 200 cm³/mol. The van der Waals surface area contributed by atoms with Gasteiger partial charge in [-0.2, -0.15) is 15.8 Å². The number of hydrogen-bond donors (Lipinski definition) is 0. The van der Waals surface area contributed by atoms with Crippen LogP contribution in [0.3, 0.4) is 0 Å². The van der Waals surface area contributed by atoms with Gasteiger partial charge >= 0.3 is 0 Å². The van der Waals surface area contributed by atoms with Crippen LogP contribution in [-0.2, 0) is 0 Å². The molecule has 50 heavy (non-hydrogen) atoms. The maximum atomic E-state index is 10.5. The van der Waals surface area contributed by atoms with Gasteiger partial charge < -0.3 is 9.13 Å². The molecule has 2 aromatic heterocycles. The van der Waals surface area contributed by atoms with Crippen molar-refractivity contribution in [1.82, 2.24) is 9.13 Å². The molecule has 0 spiro atoms. The third-order valence-corrected chi connectivity index (χ3v) is 9.60. The minimum atomic E-state index is 0.478. The molecule has 0 aliphatic rings. The molecule has 0 atom stereocenters. The second-order valence-electron chi connectivity index (χ2n) is 12.3. The zero-order valence-corrected chi connectivity index (χ0v) is 26.7. The van der Waals surface area contributed by atoms with E-state index in [9.17, 15) is 15.8 Å². The molecular weight excluding hydrogens is 611 g/mol. The Morgan fingerprint density at radius 3 is 1.66 bits per heavy atom. The maximum Gasteiger partial charge on any atom is 0.0998 e. The third kappa shape index (κ3) is 4.31. The molecule has 5 heteroatoms. The van der Waals surface area contributed by atoms with Crippen molar-refractivity contribution in [2.45, 2.75) is 0 Å².